The number of rotatable bonds is 1. The third-order valence-corrected chi connectivity index (χ3v) is 3.36. The number of benzene rings is 1. The predicted octanol–water partition coefficient (Wildman–Crippen LogP) is 2.45. The summed E-state index contributed by atoms with van der Waals surface area (Å²) in [5.41, 5.74) is 9.57. The van der Waals surface area contributed by atoms with E-state index in [-0.39, 0.29) is 0 Å². The summed E-state index contributed by atoms with van der Waals surface area (Å²) < 4.78 is 0. The summed E-state index contributed by atoms with van der Waals surface area (Å²) >= 11 is 0. The number of hydrogen-bond acceptors (Lipinski definition) is 4. The van der Waals surface area contributed by atoms with Crippen LogP contribution < -0.4 is 10.6 Å². The van der Waals surface area contributed by atoms with E-state index in [2.05, 4.69) is 46.9 Å². The number of fused-ring (bicyclic) bond motifs is 1. The lowest BCUT2D eigenvalue weighted by Crippen LogP contribution is -2.25. The maximum atomic E-state index is 5.67. The van der Waals surface area contributed by atoms with Crippen molar-refractivity contribution < 1.29 is 0 Å². The molecule has 3 rings (SSSR count). The maximum Gasteiger partial charge on any atom is 0.221 e. The summed E-state index contributed by atoms with van der Waals surface area (Å²) in [5.74, 6) is 1.19. The topological polar surface area (TPSA) is 55.0 Å². The van der Waals surface area contributed by atoms with Crippen molar-refractivity contribution in [3.05, 3.63) is 41.6 Å². The molecule has 1 aromatic heterocycles. The highest BCUT2D eigenvalue weighted by Gasteiger charge is 2.27. The average Bonchev–Trinajstić information content (AvgIpc) is 2.64. The first kappa shape index (κ1) is 11.0. The highest BCUT2D eigenvalue weighted by Crippen LogP contribution is 2.37. The predicted molar refractivity (Wildman–Crippen MR) is 72.9 cm³/mol. The van der Waals surface area contributed by atoms with Gasteiger partial charge in [-0.15, -0.1) is 0 Å². The van der Waals surface area contributed by atoms with Gasteiger partial charge in [0.1, 0.15) is 5.82 Å². The Hall–Kier alpha value is -2.10. The van der Waals surface area contributed by atoms with Crippen LogP contribution in [0, 0.1) is 6.92 Å². The number of nitrogen functional groups attached to an aromatic ring is 1. The average molecular weight is 240 g/mol. The third-order valence-electron chi connectivity index (χ3n) is 3.36. The molecule has 0 fully saturated rings. The lowest BCUT2D eigenvalue weighted by Gasteiger charge is -2.23. The van der Waals surface area contributed by atoms with Crippen LogP contribution in [0.4, 0.5) is 17.5 Å². The number of hydrogen-bond donors (Lipinski definition) is 1. The Morgan fingerprint density at radius 2 is 2.17 bits per heavy atom. The fourth-order valence-corrected chi connectivity index (χ4v) is 2.61. The Kier molecular flexibility index (Phi) is 2.44. The first-order valence-corrected chi connectivity index (χ1v) is 6.12. The van der Waals surface area contributed by atoms with Crippen LogP contribution in [0.5, 0.6) is 0 Å². The Balaban J connectivity index is 2.09. The molecule has 2 N–H and O–H groups in total. The van der Waals surface area contributed by atoms with E-state index in [4.69, 9.17) is 5.73 Å². The first-order valence-electron chi connectivity index (χ1n) is 6.12. The summed E-state index contributed by atoms with van der Waals surface area (Å²) in [6.07, 6.45) is 2.75. The van der Waals surface area contributed by atoms with Gasteiger partial charge in [-0.1, -0.05) is 17.7 Å². The number of anilines is 3. The zero-order valence-corrected chi connectivity index (χ0v) is 10.6. The van der Waals surface area contributed by atoms with E-state index < -0.39 is 0 Å². The monoisotopic (exact) mass is 240 g/mol. The van der Waals surface area contributed by atoms with Crippen LogP contribution in [-0.4, -0.2) is 16.0 Å². The van der Waals surface area contributed by atoms with Crippen molar-refractivity contribution in [3.8, 4) is 0 Å². The van der Waals surface area contributed by atoms with Crippen LogP contribution in [0.2, 0.25) is 0 Å². The largest absolute Gasteiger partial charge is 0.368 e. The van der Waals surface area contributed by atoms with Crippen molar-refractivity contribution in [1.82, 2.24) is 9.97 Å². The summed E-state index contributed by atoms with van der Waals surface area (Å²) in [4.78, 5) is 10.5. The minimum atomic E-state index is 0.320. The quantitative estimate of drug-likeness (QED) is 0.831. The van der Waals surface area contributed by atoms with Gasteiger partial charge >= 0.3 is 0 Å². The van der Waals surface area contributed by atoms with Crippen molar-refractivity contribution in [2.45, 2.75) is 26.3 Å². The van der Waals surface area contributed by atoms with E-state index in [9.17, 15) is 0 Å². The molecule has 0 radical (unpaired) electrons. The molecule has 92 valence electrons. The molecule has 2 aromatic rings. The fraction of sp³-hybridized carbons (Fsp3) is 0.286. The molecule has 0 bridgehead atoms. The van der Waals surface area contributed by atoms with Crippen molar-refractivity contribution >= 4 is 17.5 Å². The zero-order chi connectivity index (χ0) is 12.7. The Morgan fingerprint density at radius 1 is 1.33 bits per heavy atom. The molecule has 1 aromatic carbocycles. The van der Waals surface area contributed by atoms with Crippen LogP contribution in [-0.2, 0) is 6.42 Å². The molecule has 0 aliphatic carbocycles. The minimum Gasteiger partial charge on any atom is -0.368 e. The molecule has 0 amide bonds. The van der Waals surface area contributed by atoms with Gasteiger partial charge in [-0.3, -0.25) is 0 Å². The standard InChI is InChI=1S/C14H16N4/c1-9-3-4-12-11(7-9)8-10(2)18(12)13-5-6-16-14(15)17-13/h3-7,10H,8H2,1-2H3,(H2,15,16,17). The molecule has 2 heterocycles. The lowest BCUT2D eigenvalue weighted by molar-refractivity contribution is 0.750. The number of aromatic nitrogens is 2. The molecule has 4 nitrogen and oxygen atoms in total. The lowest BCUT2D eigenvalue weighted by atomic mass is 10.1. The first-order chi connectivity index (χ1) is 8.65. The Bertz CT molecular complexity index is 594. The summed E-state index contributed by atoms with van der Waals surface area (Å²) in [5, 5.41) is 0. The summed E-state index contributed by atoms with van der Waals surface area (Å²) in [7, 11) is 0. The zero-order valence-electron chi connectivity index (χ0n) is 10.6. The maximum absolute atomic E-state index is 5.67. The van der Waals surface area contributed by atoms with Crippen molar-refractivity contribution in [3.63, 3.8) is 0 Å². The van der Waals surface area contributed by atoms with Crippen LogP contribution in [0.3, 0.4) is 0 Å². The van der Waals surface area contributed by atoms with Gasteiger partial charge in [0.15, 0.2) is 0 Å². The second-order valence-electron chi connectivity index (χ2n) is 4.83. The SMILES string of the molecule is Cc1ccc2c(c1)CC(C)N2c1ccnc(N)n1. The van der Waals surface area contributed by atoms with Gasteiger partial charge in [0, 0.05) is 17.9 Å². The van der Waals surface area contributed by atoms with Crippen molar-refractivity contribution in [1.29, 1.82) is 0 Å². The van der Waals surface area contributed by atoms with E-state index in [1.165, 1.54) is 16.8 Å². The smallest absolute Gasteiger partial charge is 0.221 e. The highest BCUT2D eigenvalue weighted by atomic mass is 15.2. The molecule has 1 aliphatic rings. The molecule has 4 heteroatoms. The van der Waals surface area contributed by atoms with Gasteiger partial charge in [0.25, 0.3) is 0 Å². The van der Waals surface area contributed by atoms with Crippen LogP contribution in [0.15, 0.2) is 30.5 Å². The molecule has 1 aliphatic heterocycles. The molecule has 0 saturated heterocycles. The fourth-order valence-electron chi connectivity index (χ4n) is 2.61. The van der Waals surface area contributed by atoms with Gasteiger partial charge in [-0.25, -0.2) is 4.98 Å². The molecule has 0 saturated carbocycles. The van der Waals surface area contributed by atoms with Crippen LogP contribution >= 0.6 is 0 Å². The van der Waals surface area contributed by atoms with Gasteiger partial charge in [-0.2, -0.15) is 4.98 Å². The van der Waals surface area contributed by atoms with E-state index in [1.807, 2.05) is 6.07 Å². The Morgan fingerprint density at radius 3 is 2.94 bits per heavy atom. The van der Waals surface area contributed by atoms with E-state index in [0.717, 1.165) is 12.2 Å². The molecule has 1 unspecified atom stereocenters. The van der Waals surface area contributed by atoms with Gasteiger partial charge in [0.05, 0.1) is 0 Å². The summed E-state index contributed by atoms with van der Waals surface area (Å²) in [6, 6.07) is 8.84. The highest BCUT2D eigenvalue weighted by molar-refractivity contribution is 5.69. The third kappa shape index (κ3) is 1.70. The number of nitrogens with zero attached hydrogens (tertiary/aromatic N) is 3. The molecular formula is C14H16N4. The van der Waals surface area contributed by atoms with Gasteiger partial charge in [0.2, 0.25) is 5.95 Å². The van der Waals surface area contributed by atoms with E-state index in [0.29, 0.717) is 12.0 Å². The molecule has 0 spiro atoms. The normalized spacial score (nSPS) is 17.9. The second-order valence-corrected chi connectivity index (χ2v) is 4.83. The van der Waals surface area contributed by atoms with E-state index >= 15 is 0 Å². The second kappa shape index (κ2) is 3.98. The number of aryl methyl sites for hydroxylation is 1. The van der Waals surface area contributed by atoms with Crippen LogP contribution in [0.1, 0.15) is 18.1 Å². The molecule has 1 atom stereocenters. The molecular weight excluding hydrogens is 224 g/mol. The minimum absolute atomic E-state index is 0.320. The van der Waals surface area contributed by atoms with E-state index in [1.54, 1.807) is 6.20 Å². The molecule has 18 heavy (non-hydrogen) atoms. The summed E-state index contributed by atoms with van der Waals surface area (Å²) in [6.45, 7) is 4.32. The van der Waals surface area contributed by atoms with Gasteiger partial charge in [-0.05, 0) is 38.0 Å². The van der Waals surface area contributed by atoms with Gasteiger partial charge < -0.3 is 10.6 Å². The van der Waals surface area contributed by atoms with Crippen molar-refractivity contribution in [2.75, 3.05) is 10.6 Å². The van der Waals surface area contributed by atoms with Crippen LogP contribution in [0.25, 0.3) is 0 Å². The Labute approximate surface area is 106 Å². The number of nitrogens with two attached hydrogens (primary N) is 1. The van der Waals surface area contributed by atoms with Crippen molar-refractivity contribution in [2.24, 2.45) is 0 Å².